The summed E-state index contributed by atoms with van der Waals surface area (Å²) < 4.78 is 16.7. The van der Waals surface area contributed by atoms with Crippen LogP contribution in [0, 0.1) is 6.10 Å². The Kier molecular flexibility index (Phi) is 3.79. The van der Waals surface area contributed by atoms with Gasteiger partial charge >= 0.3 is 0 Å². The number of ether oxygens (including phenoxy) is 3. The molecule has 0 spiro atoms. The molecule has 0 N–H and O–H groups in total. The molecule has 2 fully saturated rings. The second kappa shape index (κ2) is 5.10. The molecule has 0 bridgehead atoms. The highest BCUT2D eigenvalue weighted by Crippen LogP contribution is 2.28. The van der Waals surface area contributed by atoms with E-state index in [0.717, 1.165) is 38.6 Å². The number of methoxy groups -OCH3 is 1. The fraction of sp³-hybridized carbons (Fsp3) is 0.909. The summed E-state index contributed by atoms with van der Waals surface area (Å²) >= 11 is 0. The van der Waals surface area contributed by atoms with Gasteiger partial charge in [-0.15, -0.1) is 0 Å². The highest BCUT2D eigenvalue weighted by molar-refractivity contribution is 4.90. The van der Waals surface area contributed by atoms with Crippen molar-refractivity contribution in [3.63, 3.8) is 0 Å². The van der Waals surface area contributed by atoms with Crippen molar-refractivity contribution < 1.29 is 14.2 Å². The van der Waals surface area contributed by atoms with Gasteiger partial charge in [-0.25, -0.2) is 0 Å². The summed E-state index contributed by atoms with van der Waals surface area (Å²) in [5.41, 5.74) is 0. The van der Waals surface area contributed by atoms with Gasteiger partial charge in [0.25, 0.3) is 0 Å². The molecule has 0 aliphatic carbocycles. The molecular formula is C11H19O3. The van der Waals surface area contributed by atoms with Gasteiger partial charge in [-0.05, 0) is 19.3 Å². The average molecular weight is 199 g/mol. The summed E-state index contributed by atoms with van der Waals surface area (Å²) in [6, 6.07) is 0. The number of hydrogen-bond acceptors (Lipinski definition) is 3. The van der Waals surface area contributed by atoms with Crippen LogP contribution in [-0.4, -0.2) is 32.5 Å². The van der Waals surface area contributed by atoms with E-state index >= 15 is 0 Å². The van der Waals surface area contributed by atoms with Crippen LogP contribution in [0.5, 0.6) is 0 Å². The first kappa shape index (κ1) is 10.4. The minimum Gasteiger partial charge on any atom is -0.376 e. The van der Waals surface area contributed by atoms with E-state index in [9.17, 15) is 0 Å². The standard InChI is InChI=1S/C11H19O3/c1-12-9-5-7-14-11(8-9)10-4-2-3-6-13-10/h10-11H,2-8H2,1H3. The minimum atomic E-state index is 0.235. The summed E-state index contributed by atoms with van der Waals surface area (Å²) in [6.45, 7) is 1.68. The Morgan fingerprint density at radius 2 is 2.00 bits per heavy atom. The Morgan fingerprint density at radius 1 is 1.14 bits per heavy atom. The Labute approximate surface area is 85.7 Å². The molecule has 0 saturated carbocycles. The lowest BCUT2D eigenvalue weighted by Crippen LogP contribution is -2.38. The average Bonchev–Trinajstić information content (AvgIpc) is 2.30. The second-order valence-electron chi connectivity index (χ2n) is 4.01. The molecular weight excluding hydrogens is 180 g/mol. The van der Waals surface area contributed by atoms with Crippen LogP contribution in [0.4, 0.5) is 0 Å². The maximum Gasteiger partial charge on any atom is 0.102 e. The summed E-state index contributed by atoms with van der Waals surface area (Å²) in [5.74, 6) is 0. The summed E-state index contributed by atoms with van der Waals surface area (Å²) in [4.78, 5) is 0. The molecule has 2 heterocycles. The molecule has 3 nitrogen and oxygen atoms in total. The van der Waals surface area contributed by atoms with Crippen LogP contribution in [0.1, 0.15) is 32.1 Å². The molecule has 3 heteroatoms. The lowest BCUT2D eigenvalue weighted by Gasteiger charge is -2.35. The van der Waals surface area contributed by atoms with Gasteiger partial charge in [-0.2, -0.15) is 0 Å². The van der Waals surface area contributed by atoms with E-state index in [0.29, 0.717) is 6.10 Å². The molecule has 2 atom stereocenters. The van der Waals surface area contributed by atoms with Gasteiger partial charge < -0.3 is 14.2 Å². The van der Waals surface area contributed by atoms with Crippen molar-refractivity contribution in [1.29, 1.82) is 0 Å². The molecule has 0 aromatic heterocycles. The first-order valence-electron chi connectivity index (χ1n) is 5.52. The van der Waals surface area contributed by atoms with Gasteiger partial charge in [0, 0.05) is 33.2 Å². The van der Waals surface area contributed by atoms with E-state index in [-0.39, 0.29) is 6.10 Å². The van der Waals surface area contributed by atoms with Crippen molar-refractivity contribution in [2.75, 3.05) is 20.3 Å². The first-order valence-corrected chi connectivity index (χ1v) is 5.52. The summed E-state index contributed by atoms with van der Waals surface area (Å²) in [5, 5.41) is 0. The van der Waals surface area contributed by atoms with Crippen molar-refractivity contribution in [2.24, 2.45) is 0 Å². The van der Waals surface area contributed by atoms with Gasteiger partial charge in [0.05, 0.1) is 12.2 Å². The van der Waals surface area contributed by atoms with E-state index in [1.165, 1.54) is 12.8 Å². The fourth-order valence-corrected chi connectivity index (χ4v) is 2.19. The predicted molar refractivity (Wildman–Crippen MR) is 52.8 cm³/mol. The quantitative estimate of drug-likeness (QED) is 0.680. The highest BCUT2D eigenvalue weighted by Gasteiger charge is 2.31. The van der Waals surface area contributed by atoms with Crippen molar-refractivity contribution in [2.45, 2.75) is 44.3 Å². The molecule has 2 aliphatic heterocycles. The van der Waals surface area contributed by atoms with Gasteiger partial charge in [-0.1, -0.05) is 0 Å². The van der Waals surface area contributed by atoms with Crippen LogP contribution >= 0.6 is 0 Å². The van der Waals surface area contributed by atoms with E-state index in [2.05, 4.69) is 0 Å². The van der Waals surface area contributed by atoms with E-state index < -0.39 is 0 Å². The zero-order valence-electron chi connectivity index (χ0n) is 8.83. The molecule has 14 heavy (non-hydrogen) atoms. The van der Waals surface area contributed by atoms with Crippen molar-refractivity contribution >= 4 is 0 Å². The molecule has 0 amide bonds. The largest absolute Gasteiger partial charge is 0.376 e. The molecule has 81 valence electrons. The zero-order chi connectivity index (χ0) is 9.80. The third-order valence-corrected chi connectivity index (χ3v) is 3.06. The molecule has 2 unspecified atom stereocenters. The van der Waals surface area contributed by atoms with Crippen molar-refractivity contribution in [3.05, 3.63) is 6.10 Å². The lowest BCUT2D eigenvalue weighted by molar-refractivity contribution is -0.116. The number of hydrogen-bond donors (Lipinski definition) is 0. The van der Waals surface area contributed by atoms with Crippen molar-refractivity contribution in [1.82, 2.24) is 0 Å². The molecule has 2 saturated heterocycles. The molecule has 1 radical (unpaired) electrons. The van der Waals surface area contributed by atoms with Crippen LogP contribution in [0.3, 0.4) is 0 Å². The second-order valence-corrected chi connectivity index (χ2v) is 4.01. The Morgan fingerprint density at radius 3 is 2.71 bits per heavy atom. The lowest BCUT2D eigenvalue weighted by atomic mass is 9.96. The van der Waals surface area contributed by atoms with E-state index in [1.54, 1.807) is 7.11 Å². The smallest absolute Gasteiger partial charge is 0.102 e. The summed E-state index contributed by atoms with van der Waals surface area (Å²) in [6.07, 6.45) is 7.17. The van der Waals surface area contributed by atoms with Crippen LogP contribution < -0.4 is 0 Å². The topological polar surface area (TPSA) is 27.7 Å². The zero-order valence-corrected chi connectivity index (χ0v) is 8.83. The van der Waals surface area contributed by atoms with Crippen molar-refractivity contribution in [3.8, 4) is 0 Å². The van der Waals surface area contributed by atoms with Gasteiger partial charge in [-0.3, -0.25) is 0 Å². The molecule has 0 aromatic carbocycles. The Bertz CT molecular complexity index is 166. The summed E-state index contributed by atoms with van der Waals surface area (Å²) in [7, 11) is 1.75. The van der Waals surface area contributed by atoms with Crippen LogP contribution in [0.25, 0.3) is 0 Å². The number of rotatable bonds is 2. The SMILES string of the molecule is CO[C]1CCOC(C2CCCCO2)C1. The molecule has 0 aromatic rings. The fourth-order valence-electron chi connectivity index (χ4n) is 2.19. The predicted octanol–water partition coefficient (Wildman–Crippen LogP) is 1.91. The minimum absolute atomic E-state index is 0.235. The Balaban J connectivity index is 1.83. The van der Waals surface area contributed by atoms with Crippen LogP contribution in [0.15, 0.2) is 0 Å². The van der Waals surface area contributed by atoms with Crippen LogP contribution in [0.2, 0.25) is 0 Å². The Hall–Kier alpha value is -0.120. The first-order chi connectivity index (χ1) is 6.90. The highest BCUT2D eigenvalue weighted by atomic mass is 16.5. The van der Waals surface area contributed by atoms with E-state index in [4.69, 9.17) is 14.2 Å². The molecule has 2 rings (SSSR count). The third-order valence-electron chi connectivity index (χ3n) is 3.06. The third kappa shape index (κ3) is 2.47. The van der Waals surface area contributed by atoms with Gasteiger partial charge in [0.15, 0.2) is 0 Å². The maximum atomic E-state index is 5.72. The maximum absolute atomic E-state index is 5.72. The molecule has 2 aliphatic rings. The normalized spacial score (nSPS) is 35.8. The van der Waals surface area contributed by atoms with Gasteiger partial charge in [0.1, 0.15) is 6.10 Å². The van der Waals surface area contributed by atoms with Crippen LogP contribution in [-0.2, 0) is 14.2 Å². The monoisotopic (exact) mass is 199 g/mol. The van der Waals surface area contributed by atoms with E-state index in [1.807, 2.05) is 0 Å². The van der Waals surface area contributed by atoms with Gasteiger partial charge in [0.2, 0.25) is 0 Å².